The van der Waals surface area contributed by atoms with Crippen molar-refractivity contribution in [2.45, 2.75) is 50.1 Å². The number of nitrogens with two attached hydrogens (primary N) is 1. The fraction of sp³-hybridized carbons (Fsp3) is 0.619. The van der Waals surface area contributed by atoms with Crippen molar-refractivity contribution in [3.63, 3.8) is 0 Å². The summed E-state index contributed by atoms with van der Waals surface area (Å²) in [4.78, 5) is 26.7. The zero-order chi connectivity index (χ0) is 23.8. The summed E-state index contributed by atoms with van der Waals surface area (Å²) in [5.74, 6) is -3.19. The average molecular weight is 476 g/mol. The Morgan fingerprint density at radius 1 is 1.28 bits per heavy atom. The third-order valence-corrected chi connectivity index (χ3v) is 8.73. The lowest BCUT2D eigenvalue weighted by atomic mass is 9.87. The van der Waals surface area contributed by atoms with Crippen molar-refractivity contribution in [1.29, 1.82) is 0 Å². The van der Waals surface area contributed by atoms with Gasteiger partial charge in [0.15, 0.2) is 9.84 Å². The molecule has 1 aromatic rings. The van der Waals surface area contributed by atoms with Crippen LogP contribution in [0.1, 0.15) is 54.1 Å². The number of hydrogen-bond donors (Lipinski definition) is 2. The van der Waals surface area contributed by atoms with Crippen LogP contribution in [0.2, 0.25) is 0 Å². The van der Waals surface area contributed by atoms with Crippen LogP contribution in [-0.2, 0) is 20.8 Å². The van der Waals surface area contributed by atoms with E-state index in [2.05, 4.69) is 5.32 Å². The monoisotopic (exact) mass is 475 g/mol. The Kier molecular flexibility index (Phi) is 6.90. The summed E-state index contributed by atoms with van der Waals surface area (Å²) in [7, 11) is -3.38. The molecule has 178 valence electrons. The second kappa shape index (κ2) is 9.01. The van der Waals surface area contributed by atoms with Crippen LogP contribution in [0.25, 0.3) is 0 Å². The second-order valence-corrected chi connectivity index (χ2v) is 11.3. The molecule has 2 heterocycles. The summed E-state index contributed by atoms with van der Waals surface area (Å²) < 4.78 is 66.1. The summed E-state index contributed by atoms with van der Waals surface area (Å²) in [5.41, 5.74) is 3.58. The Balaban J connectivity index is 1.95. The molecule has 0 bridgehead atoms. The van der Waals surface area contributed by atoms with Gasteiger partial charge in [0.2, 0.25) is 11.8 Å². The predicted molar refractivity (Wildman–Crippen MR) is 113 cm³/mol. The zero-order valence-corrected chi connectivity index (χ0v) is 18.8. The van der Waals surface area contributed by atoms with Crippen molar-refractivity contribution in [3.05, 3.63) is 34.9 Å². The van der Waals surface area contributed by atoms with Gasteiger partial charge in [-0.25, -0.2) is 8.42 Å². The first kappa shape index (κ1) is 24.5. The number of rotatable bonds is 6. The minimum Gasteiger partial charge on any atom is -0.366 e. The van der Waals surface area contributed by atoms with E-state index in [1.165, 1.54) is 11.0 Å². The highest BCUT2D eigenvalue weighted by atomic mass is 32.2. The first-order valence-corrected chi connectivity index (χ1v) is 12.3. The van der Waals surface area contributed by atoms with E-state index in [0.717, 1.165) is 12.1 Å². The molecule has 2 aliphatic heterocycles. The lowest BCUT2D eigenvalue weighted by Gasteiger charge is -2.38. The summed E-state index contributed by atoms with van der Waals surface area (Å²) in [6.45, 7) is 4.35. The molecule has 0 unspecified atom stereocenters. The summed E-state index contributed by atoms with van der Waals surface area (Å²) in [5, 5.41) is 2.58. The van der Waals surface area contributed by atoms with Crippen LogP contribution in [0.3, 0.4) is 0 Å². The second-order valence-electron chi connectivity index (χ2n) is 8.70. The van der Waals surface area contributed by atoms with Crippen molar-refractivity contribution < 1.29 is 31.2 Å². The first-order valence-electron chi connectivity index (χ1n) is 10.6. The van der Waals surface area contributed by atoms with E-state index in [0.29, 0.717) is 19.5 Å². The van der Waals surface area contributed by atoms with Gasteiger partial charge >= 0.3 is 6.18 Å². The molecule has 0 saturated carbocycles. The molecule has 3 atom stereocenters. The molecule has 1 aromatic carbocycles. The molecule has 2 aliphatic rings. The number of carbonyl (C=O) groups excluding carboxylic acids is 2. The van der Waals surface area contributed by atoms with Gasteiger partial charge in [-0.05, 0) is 50.9 Å². The molecule has 32 heavy (non-hydrogen) atoms. The molecule has 2 saturated heterocycles. The smallest absolute Gasteiger partial charge is 0.366 e. The highest BCUT2D eigenvalue weighted by Crippen LogP contribution is 2.42. The van der Waals surface area contributed by atoms with Crippen molar-refractivity contribution in [2.75, 3.05) is 25.4 Å². The van der Waals surface area contributed by atoms with Gasteiger partial charge in [-0.15, -0.1) is 0 Å². The molecular formula is C21H28F3N3O4S. The highest BCUT2D eigenvalue weighted by molar-refractivity contribution is 7.91. The number of alkyl halides is 3. The lowest BCUT2D eigenvalue weighted by molar-refractivity contribution is -0.139. The molecule has 2 amide bonds. The van der Waals surface area contributed by atoms with Gasteiger partial charge < -0.3 is 16.0 Å². The largest absolute Gasteiger partial charge is 0.416 e. The van der Waals surface area contributed by atoms with E-state index in [-0.39, 0.29) is 35.8 Å². The number of halogens is 3. The number of benzene rings is 1. The number of likely N-dealkylation sites (tertiary alicyclic amines) is 1. The Hall–Kier alpha value is -2.14. The molecule has 11 heteroatoms. The standard InChI is InChI=1S/C21H28F3N3O4S/c1-12(2)32(30,31)11-13-10-26-8-6-17(13)27-9-7-15(20(27)29)18-14(19(25)28)4-3-5-16(18)21(22,23)24/h3-5,12-13,15,17,26H,6-11H2,1-2H3,(H2,25,28)/t13-,15-,17-/m0/s1. The fourth-order valence-corrected chi connectivity index (χ4v) is 6.00. The van der Waals surface area contributed by atoms with Crippen molar-refractivity contribution >= 4 is 21.7 Å². The van der Waals surface area contributed by atoms with Crippen molar-refractivity contribution in [1.82, 2.24) is 10.2 Å². The Bertz CT molecular complexity index is 994. The molecule has 3 N–H and O–H groups in total. The van der Waals surface area contributed by atoms with E-state index < -0.39 is 50.6 Å². The van der Waals surface area contributed by atoms with E-state index in [9.17, 15) is 31.2 Å². The molecule has 3 rings (SSSR count). The Morgan fingerprint density at radius 3 is 2.56 bits per heavy atom. The fourth-order valence-electron chi connectivity index (χ4n) is 4.68. The van der Waals surface area contributed by atoms with Crippen LogP contribution in [0.4, 0.5) is 13.2 Å². The molecule has 2 fully saturated rings. The van der Waals surface area contributed by atoms with E-state index in [1.54, 1.807) is 13.8 Å². The molecule has 0 spiro atoms. The maximum atomic E-state index is 13.7. The van der Waals surface area contributed by atoms with Crippen LogP contribution < -0.4 is 11.1 Å². The highest BCUT2D eigenvalue weighted by Gasteiger charge is 2.46. The maximum absolute atomic E-state index is 13.7. The van der Waals surface area contributed by atoms with Gasteiger partial charge in [0.05, 0.1) is 22.5 Å². The summed E-state index contributed by atoms with van der Waals surface area (Å²) >= 11 is 0. The number of nitrogens with zero attached hydrogens (tertiary/aromatic N) is 1. The van der Waals surface area contributed by atoms with Crippen LogP contribution in [0.15, 0.2) is 18.2 Å². The van der Waals surface area contributed by atoms with Gasteiger partial charge in [0, 0.05) is 30.6 Å². The van der Waals surface area contributed by atoms with Crippen molar-refractivity contribution in [2.24, 2.45) is 11.7 Å². The Morgan fingerprint density at radius 2 is 1.97 bits per heavy atom. The van der Waals surface area contributed by atoms with Gasteiger partial charge in [-0.1, -0.05) is 6.07 Å². The molecule has 0 aliphatic carbocycles. The predicted octanol–water partition coefficient (Wildman–Crippen LogP) is 1.92. The topological polar surface area (TPSA) is 110 Å². The number of piperidine rings is 1. The van der Waals surface area contributed by atoms with Gasteiger partial charge in [0.25, 0.3) is 0 Å². The minimum absolute atomic E-state index is 0.0970. The summed E-state index contributed by atoms with van der Waals surface area (Å²) in [6.07, 6.45) is -4.16. The number of hydrogen-bond acceptors (Lipinski definition) is 5. The van der Waals surface area contributed by atoms with Crippen LogP contribution in [-0.4, -0.2) is 61.8 Å². The van der Waals surface area contributed by atoms with E-state index >= 15 is 0 Å². The number of amides is 2. The van der Waals surface area contributed by atoms with Gasteiger partial charge in [0.1, 0.15) is 0 Å². The average Bonchev–Trinajstić information content (AvgIpc) is 3.07. The van der Waals surface area contributed by atoms with E-state index in [4.69, 9.17) is 5.73 Å². The quantitative estimate of drug-likeness (QED) is 0.653. The van der Waals surface area contributed by atoms with Gasteiger partial charge in [-0.2, -0.15) is 13.2 Å². The SMILES string of the molecule is CC(C)S(=O)(=O)C[C@@H]1CNCC[C@@H]1N1CC[C@@H](c2c(C(N)=O)cccc2C(F)(F)F)C1=O. The number of sulfone groups is 1. The first-order chi connectivity index (χ1) is 14.8. The normalized spacial score (nSPS) is 24.9. The third-order valence-electron chi connectivity index (χ3n) is 6.40. The molecule has 7 nitrogen and oxygen atoms in total. The zero-order valence-electron chi connectivity index (χ0n) is 18.0. The molecule has 0 radical (unpaired) electrons. The van der Waals surface area contributed by atoms with Crippen molar-refractivity contribution in [3.8, 4) is 0 Å². The molecular weight excluding hydrogens is 447 g/mol. The number of primary amides is 1. The number of nitrogens with one attached hydrogen (secondary N) is 1. The van der Waals surface area contributed by atoms with Crippen LogP contribution in [0.5, 0.6) is 0 Å². The minimum atomic E-state index is -4.75. The molecule has 0 aromatic heterocycles. The van der Waals surface area contributed by atoms with Gasteiger partial charge in [-0.3, -0.25) is 9.59 Å². The number of carbonyl (C=O) groups is 2. The van der Waals surface area contributed by atoms with E-state index in [1.807, 2.05) is 0 Å². The van der Waals surface area contributed by atoms with Crippen LogP contribution in [0, 0.1) is 5.92 Å². The third kappa shape index (κ3) is 4.78. The lowest BCUT2D eigenvalue weighted by Crippen LogP contribution is -2.52. The maximum Gasteiger partial charge on any atom is 0.416 e. The summed E-state index contributed by atoms with van der Waals surface area (Å²) in [6, 6.07) is 2.74. The van der Waals surface area contributed by atoms with Crippen LogP contribution >= 0.6 is 0 Å². The Labute approximate surface area is 185 Å².